The van der Waals surface area contributed by atoms with Crippen molar-refractivity contribution in [2.75, 3.05) is 31.5 Å². The number of urea groups is 1. The number of halogens is 1. The first-order chi connectivity index (χ1) is 13.0. The number of carboxylic acids is 1. The Morgan fingerprint density at radius 3 is 2.33 bits per heavy atom. The van der Waals surface area contributed by atoms with Crippen molar-refractivity contribution >= 4 is 23.6 Å². The zero-order chi connectivity index (χ0) is 19.4. The van der Waals surface area contributed by atoms with Gasteiger partial charge in [0.05, 0.1) is 17.5 Å². The molecule has 1 aromatic carbocycles. The number of piperidine rings is 2. The summed E-state index contributed by atoms with van der Waals surface area (Å²) >= 11 is 0. The zero-order valence-electron chi connectivity index (χ0n) is 15.1. The van der Waals surface area contributed by atoms with E-state index in [1.807, 2.05) is 0 Å². The van der Waals surface area contributed by atoms with Gasteiger partial charge in [0.1, 0.15) is 5.82 Å². The summed E-state index contributed by atoms with van der Waals surface area (Å²) in [4.78, 5) is 39.6. The third kappa shape index (κ3) is 4.56. The maximum absolute atomic E-state index is 13.7. The topological polar surface area (TPSA) is 90.0 Å². The molecular weight excluding hydrogens is 353 g/mol. The Morgan fingerprint density at radius 2 is 1.63 bits per heavy atom. The molecule has 7 nitrogen and oxygen atoms in total. The smallest absolute Gasteiger partial charge is 0.321 e. The highest BCUT2D eigenvalue weighted by atomic mass is 19.1. The van der Waals surface area contributed by atoms with Crippen LogP contribution in [0.4, 0.5) is 14.9 Å². The molecule has 2 N–H and O–H groups in total. The summed E-state index contributed by atoms with van der Waals surface area (Å²) in [5.41, 5.74) is 0.108. The molecule has 3 amide bonds. The van der Waals surface area contributed by atoms with Gasteiger partial charge in [-0.25, -0.2) is 9.18 Å². The molecule has 27 heavy (non-hydrogen) atoms. The number of likely N-dealkylation sites (tertiary alicyclic amines) is 2. The molecule has 2 heterocycles. The van der Waals surface area contributed by atoms with Crippen molar-refractivity contribution in [1.29, 1.82) is 0 Å². The van der Waals surface area contributed by atoms with Crippen LogP contribution in [0, 0.1) is 17.7 Å². The Labute approximate surface area is 157 Å². The van der Waals surface area contributed by atoms with Gasteiger partial charge in [0.25, 0.3) is 0 Å². The fourth-order valence-corrected chi connectivity index (χ4v) is 3.76. The largest absolute Gasteiger partial charge is 0.481 e. The molecule has 146 valence electrons. The summed E-state index contributed by atoms with van der Waals surface area (Å²) in [5.74, 6) is -2.35. The maximum atomic E-state index is 13.7. The predicted molar refractivity (Wildman–Crippen MR) is 96.7 cm³/mol. The van der Waals surface area contributed by atoms with Gasteiger partial charge >= 0.3 is 12.0 Å². The average molecular weight is 377 g/mol. The SMILES string of the molecule is O=C(O)C1CCCN(C(=O)C2CCCN(C(=O)Nc3ccccc3F)C2)C1. The van der Waals surface area contributed by atoms with Crippen molar-refractivity contribution in [2.24, 2.45) is 11.8 Å². The van der Waals surface area contributed by atoms with Crippen molar-refractivity contribution in [3.8, 4) is 0 Å². The summed E-state index contributed by atoms with van der Waals surface area (Å²) in [7, 11) is 0. The first-order valence-electron chi connectivity index (χ1n) is 9.27. The van der Waals surface area contributed by atoms with Crippen molar-refractivity contribution in [2.45, 2.75) is 25.7 Å². The van der Waals surface area contributed by atoms with Crippen molar-refractivity contribution in [3.63, 3.8) is 0 Å². The van der Waals surface area contributed by atoms with Crippen LogP contribution in [0.1, 0.15) is 25.7 Å². The zero-order valence-corrected chi connectivity index (χ0v) is 15.1. The number of hydrogen-bond acceptors (Lipinski definition) is 3. The Balaban J connectivity index is 1.60. The van der Waals surface area contributed by atoms with E-state index in [9.17, 15) is 23.9 Å². The molecule has 2 fully saturated rings. The minimum absolute atomic E-state index is 0.0932. The normalized spacial score (nSPS) is 23.0. The molecule has 2 saturated heterocycles. The highest BCUT2D eigenvalue weighted by Crippen LogP contribution is 2.24. The van der Waals surface area contributed by atoms with E-state index in [1.165, 1.54) is 17.0 Å². The molecule has 0 radical (unpaired) electrons. The van der Waals surface area contributed by atoms with Gasteiger partial charge in [-0.05, 0) is 37.8 Å². The van der Waals surface area contributed by atoms with Gasteiger partial charge < -0.3 is 20.2 Å². The summed E-state index contributed by atoms with van der Waals surface area (Å²) in [6, 6.07) is 5.51. The van der Waals surface area contributed by atoms with Crippen LogP contribution in [0.2, 0.25) is 0 Å². The summed E-state index contributed by atoms with van der Waals surface area (Å²) in [6.07, 6.45) is 2.60. The van der Waals surface area contributed by atoms with E-state index in [4.69, 9.17) is 0 Å². The molecule has 0 spiro atoms. The number of carbonyl (C=O) groups excluding carboxylic acids is 2. The number of anilines is 1. The minimum atomic E-state index is -0.873. The minimum Gasteiger partial charge on any atom is -0.481 e. The van der Waals surface area contributed by atoms with Crippen LogP contribution in [0.3, 0.4) is 0 Å². The van der Waals surface area contributed by atoms with Gasteiger partial charge in [0, 0.05) is 26.2 Å². The first kappa shape index (κ1) is 19.1. The maximum Gasteiger partial charge on any atom is 0.321 e. The lowest BCUT2D eigenvalue weighted by Gasteiger charge is -2.37. The lowest BCUT2D eigenvalue weighted by molar-refractivity contribution is -0.147. The second-order valence-electron chi connectivity index (χ2n) is 7.16. The number of rotatable bonds is 3. The number of carbonyl (C=O) groups is 3. The predicted octanol–water partition coefficient (Wildman–Crippen LogP) is 2.39. The standard InChI is InChI=1S/C19H24FN3O4/c20-15-7-1-2-8-16(15)21-19(27)23-10-3-5-13(11-23)17(24)22-9-4-6-14(12-22)18(25)26/h1-2,7-8,13-14H,3-6,9-12H2,(H,21,27)(H,25,26). The lowest BCUT2D eigenvalue weighted by atomic mass is 9.93. The molecule has 2 aliphatic heterocycles. The third-order valence-corrected chi connectivity index (χ3v) is 5.26. The number of para-hydroxylation sites is 1. The fourth-order valence-electron chi connectivity index (χ4n) is 3.76. The van der Waals surface area contributed by atoms with Gasteiger partial charge in [-0.2, -0.15) is 0 Å². The van der Waals surface area contributed by atoms with Gasteiger partial charge in [-0.1, -0.05) is 12.1 Å². The molecule has 0 saturated carbocycles. The molecule has 1 aromatic rings. The van der Waals surface area contributed by atoms with E-state index in [1.54, 1.807) is 17.0 Å². The number of amides is 3. The molecule has 2 unspecified atom stereocenters. The molecule has 8 heteroatoms. The van der Waals surface area contributed by atoms with Crippen LogP contribution in [0.15, 0.2) is 24.3 Å². The molecule has 3 rings (SSSR count). The Kier molecular flexibility index (Phi) is 5.93. The van der Waals surface area contributed by atoms with Gasteiger partial charge in [-0.15, -0.1) is 0 Å². The number of benzene rings is 1. The van der Waals surface area contributed by atoms with E-state index >= 15 is 0 Å². The molecule has 2 aliphatic rings. The van der Waals surface area contributed by atoms with Crippen LogP contribution >= 0.6 is 0 Å². The Hall–Kier alpha value is -2.64. The number of nitrogens with zero attached hydrogens (tertiary/aromatic N) is 2. The van der Waals surface area contributed by atoms with Crippen LogP contribution in [-0.4, -0.2) is 59.0 Å². The van der Waals surface area contributed by atoms with E-state index in [2.05, 4.69) is 5.32 Å². The molecular formula is C19H24FN3O4. The van der Waals surface area contributed by atoms with Gasteiger partial charge in [0.15, 0.2) is 0 Å². The van der Waals surface area contributed by atoms with E-state index in [-0.39, 0.29) is 30.6 Å². The molecule has 0 aliphatic carbocycles. The van der Waals surface area contributed by atoms with E-state index < -0.39 is 23.7 Å². The lowest BCUT2D eigenvalue weighted by Crippen LogP contribution is -2.50. The number of aliphatic carboxylic acids is 1. The third-order valence-electron chi connectivity index (χ3n) is 5.26. The fraction of sp³-hybridized carbons (Fsp3) is 0.526. The van der Waals surface area contributed by atoms with Crippen LogP contribution in [0.5, 0.6) is 0 Å². The number of carboxylic acid groups (broad SMARTS) is 1. The quantitative estimate of drug-likeness (QED) is 0.846. The van der Waals surface area contributed by atoms with E-state index in [0.29, 0.717) is 38.8 Å². The number of hydrogen-bond donors (Lipinski definition) is 2. The summed E-state index contributed by atoms with van der Waals surface area (Å²) in [6.45, 7) is 1.54. The van der Waals surface area contributed by atoms with Crippen LogP contribution < -0.4 is 5.32 Å². The molecule has 0 bridgehead atoms. The van der Waals surface area contributed by atoms with Gasteiger partial charge in [-0.3, -0.25) is 9.59 Å². The highest BCUT2D eigenvalue weighted by molar-refractivity contribution is 5.90. The second kappa shape index (κ2) is 8.37. The summed E-state index contributed by atoms with van der Waals surface area (Å²) < 4.78 is 13.7. The highest BCUT2D eigenvalue weighted by Gasteiger charge is 2.34. The Bertz CT molecular complexity index is 727. The van der Waals surface area contributed by atoms with Crippen molar-refractivity contribution < 1.29 is 23.9 Å². The summed E-state index contributed by atoms with van der Waals surface area (Å²) in [5, 5.41) is 11.7. The van der Waals surface area contributed by atoms with Gasteiger partial charge in [0.2, 0.25) is 5.91 Å². The molecule has 2 atom stereocenters. The van der Waals surface area contributed by atoms with Crippen molar-refractivity contribution in [3.05, 3.63) is 30.1 Å². The first-order valence-corrected chi connectivity index (χ1v) is 9.27. The van der Waals surface area contributed by atoms with Crippen LogP contribution in [0.25, 0.3) is 0 Å². The van der Waals surface area contributed by atoms with Crippen LogP contribution in [-0.2, 0) is 9.59 Å². The van der Waals surface area contributed by atoms with Crippen molar-refractivity contribution in [1.82, 2.24) is 9.80 Å². The van der Waals surface area contributed by atoms with E-state index in [0.717, 1.165) is 0 Å². The number of nitrogens with one attached hydrogen (secondary N) is 1. The monoisotopic (exact) mass is 377 g/mol. The average Bonchev–Trinajstić information content (AvgIpc) is 2.69. The molecule has 0 aromatic heterocycles. The second-order valence-corrected chi connectivity index (χ2v) is 7.16. The Morgan fingerprint density at radius 1 is 1.00 bits per heavy atom.